The molecular weight excluding hydrogens is 248 g/mol. The number of nitro benzene ring substituents is 1. The van der Waals surface area contributed by atoms with Crippen LogP contribution in [-0.2, 0) is 0 Å². The number of hydrogen-bond donors (Lipinski definition) is 0. The third kappa shape index (κ3) is 3.43. The van der Waals surface area contributed by atoms with Crippen molar-refractivity contribution in [3.63, 3.8) is 0 Å². The number of benzene rings is 1. The van der Waals surface area contributed by atoms with E-state index in [1.54, 1.807) is 6.92 Å². The van der Waals surface area contributed by atoms with Gasteiger partial charge in [-0.05, 0) is 24.5 Å². The van der Waals surface area contributed by atoms with E-state index in [-0.39, 0.29) is 17.1 Å². The van der Waals surface area contributed by atoms with Gasteiger partial charge in [0.15, 0.2) is 0 Å². The molecule has 0 aliphatic carbocycles. The molecule has 0 saturated carbocycles. The number of anilines is 1. The number of amides is 1. The van der Waals surface area contributed by atoms with Gasteiger partial charge >= 0.3 is 0 Å². The molecule has 0 fully saturated rings. The number of non-ortho nitro benzene ring substituents is 1. The first kappa shape index (κ1) is 14.9. The predicted octanol–water partition coefficient (Wildman–Crippen LogP) is 2.18. The lowest BCUT2D eigenvalue weighted by Crippen LogP contribution is -2.51. The molecule has 0 aliphatic heterocycles. The Bertz CT molecular complexity index is 476. The van der Waals surface area contributed by atoms with Gasteiger partial charge in [-0.2, -0.15) is 0 Å². The van der Waals surface area contributed by atoms with Crippen molar-refractivity contribution in [2.24, 2.45) is 5.41 Å². The molecule has 0 radical (unpaired) electrons. The third-order valence-electron chi connectivity index (χ3n) is 3.18. The van der Waals surface area contributed by atoms with Gasteiger partial charge in [0.05, 0.1) is 4.92 Å². The predicted molar refractivity (Wildman–Crippen MR) is 69.9 cm³/mol. The first-order chi connectivity index (χ1) is 8.64. The molecule has 6 heteroatoms. The fraction of sp³-hybridized carbons (Fsp3) is 0.462. The maximum Gasteiger partial charge on any atom is 0.269 e. The molecule has 1 aromatic carbocycles. The van der Waals surface area contributed by atoms with E-state index in [4.69, 9.17) is 0 Å². The molecule has 0 bridgehead atoms. The van der Waals surface area contributed by atoms with Crippen LogP contribution in [0, 0.1) is 15.5 Å². The van der Waals surface area contributed by atoms with Crippen molar-refractivity contribution in [3.05, 3.63) is 34.4 Å². The van der Waals surface area contributed by atoms with Gasteiger partial charge in [0, 0.05) is 23.9 Å². The number of rotatable bonds is 3. The summed E-state index contributed by atoms with van der Waals surface area (Å²) in [6.45, 7) is 7.52. The first-order valence-corrected chi connectivity index (χ1v) is 5.89. The number of carbonyl (C=O) groups excluding carboxylic acids is 1. The molecule has 1 aromatic rings. The van der Waals surface area contributed by atoms with Crippen LogP contribution in [0.4, 0.5) is 16.2 Å². The topological polar surface area (TPSA) is 86.5 Å². The second kappa shape index (κ2) is 5.26. The van der Waals surface area contributed by atoms with Crippen LogP contribution in [-0.4, -0.2) is 17.1 Å². The molecule has 104 valence electrons. The number of carbonyl (C=O) groups is 1. The van der Waals surface area contributed by atoms with E-state index in [0.29, 0.717) is 5.69 Å². The van der Waals surface area contributed by atoms with Crippen molar-refractivity contribution < 1.29 is 14.8 Å². The second-order valence-electron chi connectivity index (χ2n) is 5.45. The highest BCUT2D eigenvalue weighted by Crippen LogP contribution is 2.29. The van der Waals surface area contributed by atoms with Crippen LogP contribution >= 0.6 is 0 Å². The van der Waals surface area contributed by atoms with Crippen molar-refractivity contribution in [2.45, 2.75) is 33.7 Å². The van der Waals surface area contributed by atoms with Gasteiger partial charge in [-0.25, -0.2) is 0 Å². The summed E-state index contributed by atoms with van der Waals surface area (Å²) >= 11 is 0. The third-order valence-corrected chi connectivity index (χ3v) is 3.18. The minimum atomic E-state index is -1.32. The molecule has 0 aliphatic rings. The highest BCUT2D eigenvalue weighted by Gasteiger charge is 2.27. The van der Waals surface area contributed by atoms with Gasteiger partial charge in [-0.1, -0.05) is 20.8 Å². The van der Waals surface area contributed by atoms with E-state index in [1.807, 2.05) is 20.8 Å². The monoisotopic (exact) mass is 265 g/mol. The molecule has 0 saturated heterocycles. The normalized spacial score (nSPS) is 12.8. The maximum absolute atomic E-state index is 11.3. The highest BCUT2D eigenvalue weighted by atomic mass is 16.6. The van der Waals surface area contributed by atoms with Gasteiger partial charge < -0.3 is 14.8 Å². The zero-order chi connectivity index (χ0) is 14.8. The Morgan fingerprint density at radius 1 is 1.26 bits per heavy atom. The second-order valence-corrected chi connectivity index (χ2v) is 5.45. The molecule has 19 heavy (non-hydrogen) atoms. The highest BCUT2D eigenvalue weighted by molar-refractivity contribution is 5.85. The summed E-state index contributed by atoms with van der Waals surface area (Å²) in [4.78, 5) is 22.4. The molecule has 1 atom stereocenters. The summed E-state index contributed by atoms with van der Waals surface area (Å²) in [5.74, 6) is 0. The smallest absolute Gasteiger partial charge is 0.269 e. The van der Waals surface area contributed by atoms with E-state index >= 15 is 0 Å². The zero-order valence-electron chi connectivity index (χ0n) is 11.4. The van der Waals surface area contributed by atoms with Crippen LogP contribution in [0.3, 0.4) is 0 Å². The number of nitro groups is 1. The summed E-state index contributed by atoms with van der Waals surface area (Å²) in [7, 11) is 0. The first-order valence-electron chi connectivity index (χ1n) is 5.89. The van der Waals surface area contributed by atoms with E-state index in [0.717, 1.165) is 4.90 Å². The Morgan fingerprint density at radius 3 is 2.05 bits per heavy atom. The summed E-state index contributed by atoms with van der Waals surface area (Å²) in [6.07, 6.45) is -1.32. The average Bonchev–Trinajstić information content (AvgIpc) is 2.28. The van der Waals surface area contributed by atoms with Crippen LogP contribution in [0.25, 0.3) is 0 Å². The average molecular weight is 265 g/mol. The van der Waals surface area contributed by atoms with Gasteiger partial charge in [-0.3, -0.25) is 10.1 Å². The summed E-state index contributed by atoms with van der Waals surface area (Å²) in [5, 5.41) is 21.9. The number of nitrogens with zero attached hydrogens (tertiary/aromatic N) is 2. The fourth-order valence-corrected chi connectivity index (χ4v) is 1.61. The van der Waals surface area contributed by atoms with E-state index in [9.17, 15) is 20.0 Å². The van der Waals surface area contributed by atoms with Crippen molar-refractivity contribution in [1.82, 2.24) is 0 Å². The summed E-state index contributed by atoms with van der Waals surface area (Å²) < 4.78 is 0. The fourth-order valence-electron chi connectivity index (χ4n) is 1.61. The van der Waals surface area contributed by atoms with Crippen LogP contribution in [0.5, 0.6) is 0 Å². The van der Waals surface area contributed by atoms with Crippen LogP contribution in [0.1, 0.15) is 27.7 Å². The van der Waals surface area contributed by atoms with Crippen molar-refractivity contribution in [2.75, 3.05) is 4.90 Å². The SMILES string of the molecule is CC(N(C(=O)[O-])c1ccc([N+](=O)[O-])cc1)C(C)(C)C. The molecule has 1 amide bonds. The van der Waals surface area contributed by atoms with Gasteiger partial charge in [-0.15, -0.1) is 0 Å². The zero-order valence-corrected chi connectivity index (χ0v) is 11.4. The van der Waals surface area contributed by atoms with E-state index < -0.39 is 11.0 Å². The van der Waals surface area contributed by atoms with Crippen molar-refractivity contribution in [1.29, 1.82) is 0 Å². The molecule has 0 aromatic heterocycles. The van der Waals surface area contributed by atoms with Gasteiger partial charge in [0.1, 0.15) is 6.09 Å². The quantitative estimate of drug-likeness (QED) is 0.619. The maximum atomic E-state index is 11.3. The Hall–Kier alpha value is -2.11. The molecule has 1 unspecified atom stereocenters. The lowest BCUT2D eigenvalue weighted by Gasteiger charge is -2.39. The van der Waals surface area contributed by atoms with Crippen molar-refractivity contribution >= 4 is 17.5 Å². The van der Waals surface area contributed by atoms with Crippen LogP contribution in [0.15, 0.2) is 24.3 Å². The standard InChI is InChI=1S/C13H18N2O4/c1-9(13(2,3)4)14(12(16)17)10-5-7-11(8-6-10)15(18)19/h5-9H,1-4H3,(H,16,17)/p-1. The van der Waals surface area contributed by atoms with Gasteiger partial charge in [0.25, 0.3) is 5.69 Å². The largest absolute Gasteiger partial charge is 0.530 e. The molecule has 0 spiro atoms. The Morgan fingerprint density at radius 2 is 1.74 bits per heavy atom. The molecule has 0 N–H and O–H groups in total. The summed E-state index contributed by atoms with van der Waals surface area (Å²) in [6, 6.07) is 5.06. The number of carboxylic acid groups (broad SMARTS) is 1. The Labute approximate surface area is 111 Å². The van der Waals surface area contributed by atoms with Crippen LogP contribution in [0.2, 0.25) is 0 Å². The van der Waals surface area contributed by atoms with E-state index in [1.165, 1.54) is 24.3 Å². The molecule has 1 rings (SSSR count). The molecule has 0 heterocycles. The molecular formula is C13H17N2O4-. The van der Waals surface area contributed by atoms with Crippen LogP contribution < -0.4 is 10.0 Å². The lowest BCUT2D eigenvalue weighted by molar-refractivity contribution is -0.384. The van der Waals surface area contributed by atoms with Crippen molar-refractivity contribution in [3.8, 4) is 0 Å². The van der Waals surface area contributed by atoms with E-state index in [2.05, 4.69) is 0 Å². The Balaban J connectivity index is 3.14. The lowest BCUT2D eigenvalue weighted by atomic mass is 9.87. The minimum absolute atomic E-state index is 0.0783. The molecule has 6 nitrogen and oxygen atoms in total. The summed E-state index contributed by atoms with van der Waals surface area (Å²) in [5.41, 5.74) is 0.0143. The Kier molecular flexibility index (Phi) is 4.14. The minimum Gasteiger partial charge on any atom is -0.530 e. The van der Waals surface area contributed by atoms with Gasteiger partial charge in [0.2, 0.25) is 0 Å². The number of hydrogen-bond acceptors (Lipinski definition) is 4.